The van der Waals surface area contributed by atoms with Crippen molar-refractivity contribution in [3.63, 3.8) is 0 Å². The summed E-state index contributed by atoms with van der Waals surface area (Å²) in [6.45, 7) is 17.8. The van der Waals surface area contributed by atoms with Crippen LogP contribution in [0.5, 0.6) is 0 Å². The van der Waals surface area contributed by atoms with Crippen molar-refractivity contribution in [2.24, 2.45) is 0 Å². The van der Waals surface area contributed by atoms with E-state index in [1.54, 1.807) is 11.8 Å². The molecule has 3 aromatic rings. The Kier molecular flexibility index (Phi) is 7.00. The van der Waals surface area contributed by atoms with Gasteiger partial charge in [-0.05, 0) is 90.8 Å². The van der Waals surface area contributed by atoms with E-state index < -0.39 is 8.07 Å². The molecule has 0 spiro atoms. The molecule has 176 valence electrons. The van der Waals surface area contributed by atoms with Gasteiger partial charge in [0.1, 0.15) is 0 Å². The van der Waals surface area contributed by atoms with Gasteiger partial charge in [-0.2, -0.15) is 0 Å². The third-order valence-corrected chi connectivity index (χ3v) is 11.2. The van der Waals surface area contributed by atoms with E-state index >= 15 is 0 Å². The Morgan fingerprint density at radius 1 is 0.909 bits per heavy atom. The molecular formula is C29H40N2SSi. The Morgan fingerprint density at radius 3 is 2.06 bits per heavy atom. The quantitative estimate of drug-likeness (QED) is 0.272. The van der Waals surface area contributed by atoms with Crippen molar-refractivity contribution in [2.45, 2.75) is 69.7 Å². The maximum Gasteiger partial charge on any atom is 0.0534 e. The Hall–Kier alpha value is -1.75. The first-order valence-corrected chi connectivity index (χ1v) is 16.9. The molecule has 0 amide bonds. The fourth-order valence-electron chi connectivity index (χ4n) is 4.79. The van der Waals surface area contributed by atoms with E-state index in [-0.39, 0.29) is 5.41 Å². The molecule has 1 aromatic heterocycles. The second-order valence-electron chi connectivity index (χ2n) is 11.4. The molecule has 1 aliphatic heterocycles. The summed E-state index contributed by atoms with van der Waals surface area (Å²) in [7, 11) is -0.953. The summed E-state index contributed by atoms with van der Waals surface area (Å²) >= 11 is 1.80. The molecule has 33 heavy (non-hydrogen) atoms. The number of benzene rings is 2. The van der Waals surface area contributed by atoms with Crippen LogP contribution in [0.1, 0.15) is 37.6 Å². The van der Waals surface area contributed by atoms with Crippen LogP contribution < -0.4 is 0 Å². The van der Waals surface area contributed by atoms with Crippen molar-refractivity contribution in [1.29, 1.82) is 0 Å². The zero-order valence-electron chi connectivity index (χ0n) is 21.5. The molecule has 1 aliphatic rings. The van der Waals surface area contributed by atoms with Gasteiger partial charge in [-0.15, -0.1) is 11.8 Å². The van der Waals surface area contributed by atoms with E-state index in [1.165, 1.54) is 63.8 Å². The molecule has 0 aliphatic carbocycles. The SMILES string of the molecule is CSc1ccc(-c2cc(CN3CC[Si](C)(C)CC3)c(C)n2-c2ccc(C(C)(C)C)cc2)cc1. The van der Waals surface area contributed by atoms with Gasteiger partial charge < -0.3 is 4.57 Å². The summed E-state index contributed by atoms with van der Waals surface area (Å²) in [6.07, 6.45) is 2.14. The molecule has 0 unspecified atom stereocenters. The van der Waals surface area contributed by atoms with E-state index in [1.807, 2.05) is 0 Å². The number of aromatic nitrogens is 1. The van der Waals surface area contributed by atoms with E-state index in [9.17, 15) is 0 Å². The predicted octanol–water partition coefficient (Wildman–Crippen LogP) is 8.00. The Balaban J connectivity index is 1.73. The maximum atomic E-state index is 2.67. The van der Waals surface area contributed by atoms with Crippen LogP contribution in [-0.4, -0.2) is 36.9 Å². The van der Waals surface area contributed by atoms with Crippen molar-refractivity contribution >= 4 is 19.8 Å². The first kappa shape index (κ1) is 24.4. The van der Waals surface area contributed by atoms with Crippen LogP contribution in [0.15, 0.2) is 59.5 Å². The number of rotatable bonds is 5. The molecule has 0 saturated carbocycles. The number of hydrogen-bond acceptors (Lipinski definition) is 2. The fourth-order valence-corrected chi connectivity index (χ4v) is 7.29. The molecule has 0 atom stereocenters. The highest BCUT2D eigenvalue weighted by molar-refractivity contribution is 7.98. The second kappa shape index (κ2) is 9.48. The minimum Gasteiger partial charge on any atom is -0.314 e. The van der Waals surface area contributed by atoms with Crippen LogP contribution in [0.2, 0.25) is 25.2 Å². The molecule has 1 saturated heterocycles. The third kappa shape index (κ3) is 5.50. The van der Waals surface area contributed by atoms with Gasteiger partial charge in [0.25, 0.3) is 0 Å². The van der Waals surface area contributed by atoms with Crippen molar-refractivity contribution in [3.05, 3.63) is 71.4 Å². The lowest BCUT2D eigenvalue weighted by Gasteiger charge is -2.35. The smallest absolute Gasteiger partial charge is 0.0534 e. The zero-order valence-corrected chi connectivity index (χ0v) is 23.4. The molecular weight excluding hydrogens is 436 g/mol. The molecule has 0 N–H and O–H groups in total. The van der Waals surface area contributed by atoms with Crippen molar-refractivity contribution in [2.75, 3.05) is 19.3 Å². The van der Waals surface area contributed by atoms with Gasteiger partial charge in [0, 0.05) is 30.9 Å². The highest BCUT2D eigenvalue weighted by Crippen LogP contribution is 2.33. The average Bonchev–Trinajstić information content (AvgIpc) is 3.10. The second-order valence-corrected chi connectivity index (χ2v) is 17.6. The van der Waals surface area contributed by atoms with E-state index in [4.69, 9.17) is 0 Å². The number of thioether (sulfide) groups is 1. The summed E-state index contributed by atoms with van der Waals surface area (Å²) < 4.78 is 2.47. The first-order valence-electron chi connectivity index (χ1n) is 12.3. The molecule has 2 heterocycles. The topological polar surface area (TPSA) is 8.17 Å². The van der Waals surface area contributed by atoms with Crippen LogP contribution in [-0.2, 0) is 12.0 Å². The minimum atomic E-state index is -0.953. The largest absolute Gasteiger partial charge is 0.314 e. The number of nitrogens with zero attached hydrogens (tertiary/aromatic N) is 2. The third-order valence-electron chi connectivity index (χ3n) is 7.33. The Bertz CT molecular complexity index is 1080. The van der Waals surface area contributed by atoms with Gasteiger partial charge in [-0.25, -0.2) is 0 Å². The summed E-state index contributed by atoms with van der Waals surface area (Å²) in [4.78, 5) is 3.98. The minimum absolute atomic E-state index is 0.164. The Morgan fingerprint density at radius 2 is 1.52 bits per heavy atom. The molecule has 2 aromatic carbocycles. The van der Waals surface area contributed by atoms with Crippen LogP contribution >= 0.6 is 11.8 Å². The average molecular weight is 477 g/mol. The summed E-state index contributed by atoms with van der Waals surface area (Å²) in [5.74, 6) is 0. The first-order chi connectivity index (χ1) is 15.6. The van der Waals surface area contributed by atoms with Crippen LogP contribution in [0.25, 0.3) is 16.9 Å². The standard InChI is InChI=1S/C29H40N2SSi/c1-22-24(21-30-16-18-33(6,7)19-17-30)20-28(23-8-14-27(32-5)15-9-23)31(22)26-12-10-25(11-13-26)29(2,3)4/h8-15,20H,16-19,21H2,1-7H3. The van der Waals surface area contributed by atoms with Crippen molar-refractivity contribution in [1.82, 2.24) is 9.47 Å². The van der Waals surface area contributed by atoms with E-state index in [2.05, 4.69) is 111 Å². The lowest BCUT2D eigenvalue weighted by atomic mass is 9.87. The molecule has 1 fully saturated rings. The van der Waals surface area contributed by atoms with Crippen molar-refractivity contribution < 1.29 is 0 Å². The highest BCUT2D eigenvalue weighted by atomic mass is 32.2. The van der Waals surface area contributed by atoms with E-state index in [0.717, 1.165) is 6.54 Å². The normalized spacial score (nSPS) is 16.8. The predicted molar refractivity (Wildman–Crippen MR) is 149 cm³/mol. The van der Waals surface area contributed by atoms with Gasteiger partial charge in [0.2, 0.25) is 0 Å². The number of hydrogen-bond donors (Lipinski definition) is 0. The summed E-state index contributed by atoms with van der Waals surface area (Å²) in [5.41, 5.74) is 8.20. The molecule has 4 heteroatoms. The van der Waals surface area contributed by atoms with Gasteiger partial charge in [0.05, 0.1) is 5.69 Å². The van der Waals surface area contributed by atoms with Gasteiger partial charge in [-0.3, -0.25) is 4.90 Å². The zero-order chi connectivity index (χ0) is 23.8. The lowest BCUT2D eigenvalue weighted by Crippen LogP contribution is -2.42. The molecule has 0 bridgehead atoms. The summed E-state index contributed by atoms with van der Waals surface area (Å²) in [6, 6.07) is 23.5. The van der Waals surface area contributed by atoms with Crippen LogP contribution in [0.3, 0.4) is 0 Å². The van der Waals surface area contributed by atoms with E-state index in [0.29, 0.717) is 0 Å². The monoisotopic (exact) mass is 476 g/mol. The molecule has 2 nitrogen and oxygen atoms in total. The van der Waals surface area contributed by atoms with Gasteiger partial charge >= 0.3 is 0 Å². The maximum absolute atomic E-state index is 2.67. The molecule has 0 radical (unpaired) electrons. The molecule has 4 rings (SSSR count). The van der Waals surface area contributed by atoms with Crippen LogP contribution in [0.4, 0.5) is 0 Å². The van der Waals surface area contributed by atoms with Gasteiger partial charge in [-0.1, -0.05) is 58.1 Å². The lowest BCUT2D eigenvalue weighted by molar-refractivity contribution is 0.281. The Labute approximate surface area is 206 Å². The van der Waals surface area contributed by atoms with Gasteiger partial charge in [0.15, 0.2) is 0 Å². The fraction of sp³-hybridized carbons (Fsp3) is 0.448. The van der Waals surface area contributed by atoms with Crippen molar-refractivity contribution in [3.8, 4) is 16.9 Å². The highest BCUT2D eigenvalue weighted by Gasteiger charge is 2.28. The summed E-state index contributed by atoms with van der Waals surface area (Å²) in [5, 5.41) is 0. The van der Waals surface area contributed by atoms with Crippen LogP contribution in [0, 0.1) is 6.92 Å².